The molecule has 3 rings (SSSR count). The van der Waals surface area contributed by atoms with Gasteiger partial charge in [0, 0.05) is 18.0 Å². The Labute approximate surface area is 175 Å². The highest BCUT2D eigenvalue weighted by Gasteiger charge is 2.17. The van der Waals surface area contributed by atoms with Gasteiger partial charge >= 0.3 is 0 Å². The number of carbonyl (C=O) groups excluding carboxylic acids is 1. The molecule has 1 heterocycles. The molecule has 2 N–H and O–H groups in total. The van der Waals surface area contributed by atoms with E-state index in [1.165, 1.54) is 24.3 Å². The van der Waals surface area contributed by atoms with Gasteiger partial charge in [-0.05, 0) is 36.4 Å². The van der Waals surface area contributed by atoms with Crippen LogP contribution in [0.4, 0.5) is 5.13 Å². The highest BCUT2D eigenvalue weighted by molar-refractivity contribution is 7.93. The Bertz CT molecular complexity index is 1090. The van der Waals surface area contributed by atoms with Crippen LogP contribution < -0.4 is 10.0 Å². The molecule has 146 valence electrons. The van der Waals surface area contributed by atoms with E-state index in [9.17, 15) is 13.2 Å². The molecular formula is C17H14Cl2N4O3S2. The van der Waals surface area contributed by atoms with E-state index in [1.807, 2.05) is 0 Å². The average Bonchev–Trinajstić information content (AvgIpc) is 3.09. The fourth-order valence-corrected chi connectivity index (χ4v) is 4.52. The number of benzene rings is 2. The molecular weight excluding hydrogens is 443 g/mol. The van der Waals surface area contributed by atoms with Gasteiger partial charge in [0.05, 0.1) is 15.5 Å². The van der Waals surface area contributed by atoms with Gasteiger partial charge in [0.1, 0.15) is 5.01 Å². The van der Waals surface area contributed by atoms with Crippen molar-refractivity contribution >= 4 is 55.6 Å². The summed E-state index contributed by atoms with van der Waals surface area (Å²) in [4.78, 5) is 12.2. The molecule has 28 heavy (non-hydrogen) atoms. The maximum atomic E-state index is 12.3. The second-order valence-corrected chi connectivity index (χ2v) is 9.13. The predicted octanol–water partition coefficient (Wildman–Crippen LogP) is 3.62. The summed E-state index contributed by atoms with van der Waals surface area (Å²) in [6, 6.07) is 12.5. The number of aromatic nitrogens is 2. The number of hydrogen-bond donors (Lipinski definition) is 2. The van der Waals surface area contributed by atoms with Crippen LogP contribution in [-0.2, 0) is 16.4 Å². The minimum atomic E-state index is -3.78. The number of anilines is 1. The third-order valence-corrected chi connectivity index (χ3v) is 6.52. The molecule has 11 heteroatoms. The number of nitrogens with one attached hydrogen (secondary N) is 2. The second-order valence-electron chi connectivity index (χ2n) is 5.55. The minimum absolute atomic E-state index is 0.0700. The molecule has 0 spiro atoms. The first-order chi connectivity index (χ1) is 13.3. The highest BCUT2D eigenvalue weighted by Crippen LogP contribution is 2.21. The lowest BCUT2D eigenvalue weighted by Crippen LogP contribution is -2.25. The number of sulfonamides is 1. The molecule has 0 aliphatic rings. The zero-order valence-electron chi connectivity index (χ0n) is 14.2. The molecule has 3 aromatic rings. The first-order valence-corrected chi connectivity index (χ1v) is 11.0. The van der Waals surface area contributed by atoms with Gasteiger partial charge < -0.3 is 5.32 Å². The van der Waals surface area contributed by atoms with Crippen molar-refractivity contribution < 1.29 is 13.2 Å². The summed E-state index contributed by atoms with van der Waals surface area (Å²) in [6.45, 7) is 0.308. The van der Waals surface area contributed by atoms with Gasteiger partial charge in [0.25, 0.3) is 15.9 Å². The van der Waals surface area contributed by atoms with E-state index in [0.29, 0.717) is 33.6 Å². The van der Waals surface area contributed by atoms with Crippen LogP contribution in [0.2, 0.25) is 10.0 Å². The van der Waals surface area contributed by atoms with E-state index in [-0.39, 0.29) is 15.9 Å². The summed E-state index contributed by atoms with van der Waals surface area (Å²) >= 11 is 12.8. The van der Waals surface area contributed by atoms with Crippen LogP contribution in [0, 0.1) is 0 Å². The number of hydrogen-bond acceptors (Lipinski definition) is 6. The number of rotatable bonds is 7. The minimum Gasteiger partial charge on any atom is -0.352 e. The third-order valence-electron chi connectivity index (χ3n) is 3.56. The highest BCUT2D eigenvalue weighted by atomic mass is 35.5. The summed E-state index contributed by atoms with van der Waals surface area (Å²) in [5.41, 5.74) is 0.387. The molecule has 0 fully saturated rings. The summed E-state index contributed by atoms with van der Waals surface area (Å²) in [5, 5.41) is 12.0. The van der Waals surface area contributed by atoms with Crippen molar-refractivity contribution in [1.29, 1.82) is 0 Å². The van der Waals surface area contributed by atoms with E-state index in [4.69, 9.17) is 23.2 Å². The number of halogens is 2. The molecule has 7 nitrogen and oxygen atoms in total. The van der Waals surface area contributed by atoms with Gasteiger partial charge in [-0.1, -0.05) is 46.7 Å². The quantitative estimate of drug-likeness (QED) is 0.565. The Morgan fingerprint density at radius 1 is 1.04 bits per heavy atom. The van der Waals surface area contributed by atoms with Crippen LogP contribution in [0.5, 0.6) is 0 Å². The molecule has 0 radical (unpaired) electrons. The molecule has 0 atom stereocenters. The molecule has 2 aromatic carbocycles. The topological polar surface area (TPSA) is 101 Å². The lowest BCUT2D eigenvalue weighted by molar-refractivity contribution is 0.0954. The molecule has 0 saturated carbocycles. The largest absolute Gasteiger partial charge is 0.352 e. The fourth-order valence-electron chi connectivity index (χ4n) is 2.21. The maximum absolute atomic E-state index is 12.3. The molecule has 1 aromatic heterocycles. The Morgan fingerprint density at radius 3 is 2.46 bits per heavy atom. The Balaban J connectivity index is 1.56. The Morgan fingerprint density at radius 2 is 1.75 bits per heavy atom. The predicted molar refractivity (Wildman–Crippen MR) is 110 cm³/mol. The van der Waals surface area contributed by atoms with E-state index in [0.717, 1.165) is 11.3 Å². The standard InChI is InChI=1S/C17H14Cl2N4O3S2/c18-11-5-7-12(8-6-11)28(25,26)23-17-22-21-15(27-17)9-10-20-16(24)13-3-1-2-4-14(13)19/h1-8H,9-10H2,(H,20,24)(H,22,23). The lowest BCUT2D eigenvalue weighted by atomic mass is 10.2. The number of nitrogens with zero attached hydrogens (tertiary/aromatic N) is 2. The van der Waals surface area contributed by atoms with Crippen molar-refractivity contribution in [2.45, 2.75) is 11.3 Å². The van der Waals surface area contributed by atoms with Gasteiger partial charge in [-0.2, -0.15) is 0 Å². The van der Waals surface area contributed by atoms with Crippen molar-refractivity contribution in [3.05, 3.63) is 69.1 Å². The van der Waals surface area contributed by atoms with Gasteiger partial charge in [-0.3, -0.25) is 9.52 Å². The zero-order valence-corrected chi connectivity index (χ0v) is 17.4. The van der Waals surface area contributed by atoms with Crippen molar-refractivity contribution in [2.24, 2.45) is 0 Å². The van der Waals surface area contributed by atoms with Gasteiger partial charge in [0.2, 0.25) is 5.13 Å². The van der Waals surface area contributed by atoms with Crippen LogP contribution in [0.15, 0.2) is 53.4 Å². The lowest BCUT2D eigenvalue weighted by Gasteiger charge is -2.05. The number of carbonyl (C=O) groups is 1. The maximum Gasteiger partial charge on any atom is 0.263 e. The van der Waals surface area contributed by atoms with Gasteiger partial charge in [-0.25, -0.2) is 8.42 Å². The SMILES string of the molecule is O=C(NCCc1nnc(NS(=O)(=O)c2ccc(Cl)cc2)s1)c1ccccc1Cl. The van der Waals surface area contributed by atoms with Crippen LogP contribution in [0.25, 0.3) is 0 Å². The summed E-state index contributed by atoms with van der Waals surface area (Å²) in [6.07, 6.45) is 0.399. The molecule has 0 aliphatic heterocycles. The van der Waals surface area contributed by atoms with Gasteiger partial charge in [0.15, 0.2) is 0 Å². The van der Waals surface area contributed by atoms with Crippen LogP contribution in [0.1, 0.15) is 15.4 Å². The normalized spacial score (nSPS) is 11.2. The van der Waals surface area contributed by atoms with Crippen molar-refractivity contribution in [1.82, 2.24) is 15.5 Å². The summed E-state index contributed by atoms with van der Waals surface area (Å²) in [5.74, 6) is -0.293. The Hall–Kier alpha value is -2.20. The molecule has 1 amide bonds. The first kappa shape index (κ1) is 20.5. The number of amides is 1. The summed E-state index contributed by atoms with van der Waals surface area (Å²) in [7, 11) is -3.78. The van der Waals surface area contributed by atoms with Crippen molar-refractivity contribution in [3.63, 3.8) is 0 Å². The van der Waals surface area contributed by atoms with Crippen LogP contribution in [0.3, 0.4) is 0 Å². The molecule has 0 bridgehead atoms. The Kier molecular flexibility index (Phi) is 6.50. The van der Waals surface area contributed by atoms with Crippen LogP contribution in [-0.4, -0.2) is 31.1 Å². The second kappa shape index (κ2) is 8.87. The average molecular weight is 457 g/mol. The van der Waals surface area contributed by atoms with E-state index in [1.54, 1.807) is 24.3 Å². The first-order valence-electron chi connectivity index (χ1n) is 7.98. The van der Waals surface area contributed by atoms with E-state index >= 15 is 0 Å². The third kappa shape index (κ3) is 5.20. The van der Waals surface area contributed by atoms with E-state index < -0.39 is 10.0 Å². The van der Waals surface area contributed by atoms with Gasteiger partial charge in [-0.15, -0.1) is 10.2 Å². The fraction of sp³-hybridized carbons (Fsp3) is 0.118. The smallest absolute Gasteiger partial charge is 0.263 e. The molecule has 0 unspecified atom stereocenters. The zero-order chi connectivity index (χ0) is 20.1. The van der Waals surface area contributed by atoms with E-state index in [2.05, 4.69) is 20.2 Å². The van der Waals surface area contributed by atoms with Crippen molar-refractivity contribution in [2.75, 3.05) is 11.3 Å². The van der Waals surface area contributed by atoms with Crippen molar-refractivity contribution in [3.8, 4) is 0 Å². The monoisotopic (exact) mass is 456 g/mol. The summed E-state index contributed by atoms with van der Waals surface area (Å²) < 4.78 is 27.0. The molecule has 0 aliphatic carbocycles. The van der Waals surface area contributed by atoms with Crippen LogP contribution >= 0.6 is 34.5 Å². The molecule has 0 saturated heterocycles.